The third-order valence-corrected chi connectivity index (χ3v) is 10.8. The van der Waals surface area contributed by atoms with Crippen molar-refractivity contribution in [3.8, 4) is 0 Å². The van der Waals surface area contributed by atoms with Gasteiger partial charge in [0.05, 0.1) is 8.07 Å². The van der Waals surface area contributed by atoms with Crippen LogP contribution < -0.4 is 5.19 Å². The summed E-state index contributed by atoms with van der Waals surface area (Å²) in [6.45, 7) is 7.55. The van der Waals surface area contributed by atoms with Gasteiger partial charge in [0, 0.05) is 6.61 Å². The maximum Gasteiger partial charge on any atom is 0.0865 e. The summed E-state index contributed by atoms with van der Waals surface area (Å²) in [5.41, 5.74) is 1.39. The average Bonchev–Trinajstić information content (AvgIpc) is 2.55. The highest BCUT2D eigenvalue weighted by atomic mass is 28.3. The van der Waals surface area contributed by atoms with Crippen LogP contribution in [0.15, 0.2) is 60.7 Å². The van der Waals surface area contributed by atoms with Crippen LogP contribution in [0, 0.1) is 0 Å². The standard InChI is InChI=1S/C20H28OSi/c1-20(16-17-21,15-14-18-10-6-4-7-11-18)22(2,3)19-12-8-5-9-13-19/h4-13,21H,14-17H2,1-3H3/t20-/m1/s1. The Labute approximate surface area is 136 Å². The Morgan fingerprint density at radius 3 is 1.95 bits per heavy atom. The van der Waals surface area contributed by atoms with Gasteiger partial charge in [0.1, 0.15) is 0 Å². The van der Waals surface area contributed by atoms with E-state index in [-0.39, 0.29) is 11.6 Å². The van der Waals surface area contributed by atoms with Crippen molar-refractivity contribution >= 4 is 13.3 Å². The highest BCUT2D eigenvalue weighted by Gasteiger charge is 2.43. The van der Waals surface area contributed by atoms with Crippen molar-refractivity contribution in [2.75, 3.05) is 6.61 Å². The van der Waals surface area contributed by atoms with Gasteiger partial charge in [-0.15, -0.1) is 0 Å². The minimum absolute atomic E-state index is 0.193. The number of hydrogen-bond acceptors (Lipinski definition) is 1. The minimum Gasteiger partial charge on any atom is -0.396 e. The Balaban J connectivity index is 2.23. The van der Waals surface area contributed by atoms with Crippen LogP contribution in [0.25, 0.3) is 0 Å². The van der Waals surface area contributed by atoms with Gasteiger partial charge in [0.2, 0.25) is 0 Å². The Morgan fingerprint density at radius 1 is 0.864 bits per heavy atom. The van der Waals surface area contributed by atoms with Crippen LogP contribution in [-0.4, -0.2) is 19.8 Å². The normalized spacial score (nSPS) is 14.5. The van der Waals surface area contributed by atoms with Crippen LogP contribution in [0.3, 0.4) is 0 Å². The lowest BCUT2D eigenvalue weighted by Crippen LogP contribution is -2.52. The summed E-state index contributed by atoms with van der Waals surface area (Å²) in [4.78, 5) is 0. The molecule has 0 aliphatic heterocycles. The molecule has 0 aromatic heterocycles. The van der Waals surface area contributed by atoms with Crippen LogP contribution >= 0.6 is 0 Å². The molecule has 2 aromatic rings. The second-order valence-corrected chi connectivity index (χ2v) is 12.0. The molecule has 0 amide bonds. The second-order valence-electron chi connectivity index (χ2n) is 7.01. The lowest BCUT2D eigenvalue weighted by atomic mass is 9.97. The molecule has 0 saturated carbocycles. The summed E-state index contributed by atoms with van der Waals surface area (Å²) < 4.78 is 0. The van der Waals surface area contributed by atoms with E-state index >= 15 is 0 Å². The Kier molecular flexibility index (Phi) is 5.60. The number of aliphatic hydroxyl groups is 1. The molecule has 0 fully saturated rings. The SMILES string of the molecule is C[C@](CCO)(CCc1ccccc1)[Si](C)(C)c1ccccc1. The Morgan fingerprint density at radius 2 is 1.41 bits per heavy atom. The maximum atomic E-state index is 9.63. The van der Waals surface area contributed by atoms with Gasteiger partial charge >= 0.3 is 0 Å². The molecule has 1 nitrogen and oxygen atoms in total. The monoisotopic (exact) mass is 312 g/mol. The van der Waals surface area contributed by atoms with Crippen molar-refractivity contribution in [3.05, 3.63) is 66.2 Å². The van der Waals surface area contributed by atoms with Crippen LogP contribution in [-0.2, 0) is 6.42 Å². The highest BCUT2D eigenvalue weighted by molar-refractivity contribution is 6.92. The van der Waals surface area contributed by atoms with Gasteiger partial charge < -0.3 is 5.11 Å². The average molecular weight is 313 g/mol. The number of hydrogen-bond donors (Lipinski definition) is 1. The summed E-state index contributed by atoms with van der Waals surface area (Å²) in [6.07, 6.45) is 3.10. The van der Waals surface area contributed by atoms with Crippen molar-refractivity contribution in [2.45, 2.75) is 44.3 Å². The van der Waals surface area contributed by atoms with E-state index in [1.165, 1.54) is 10.8 Å². The second kappa shape index (κ2) is 7.25. The Hall–Kier alpha value is -1.38. The highest BCUT2D eigenvalue weighted by Crippen LogP contribution is 2.45. The zero-order valence-electron chi connectivity index (χ0n) is 14.0. The predicted molar refractivity (Wildman–Crippen MR) is 98.4 cm³/mol. The molecule has 1 atom stereocenters. The van der Waals surface area contributed by atoms with E-state index in [1.807, 2.05) is 0 Å². The summed E-state index contributed by atoms with van der Waals surface area (Å²) in [6, 6.07) is 21.6. The first-order chi connectivity index (χ1) is 10.5. The van der Waals surface area contributed by atoms with Crippen molar-refractivity contribution in [2.24, 2.45) is 0 Å². The van der Waals surface area contributed by atoms with Crippen molar-refractivity contribution in [1.82, 2.24) is 0 Å². The molecule has 1 N–H and O–H groups in total. The van der Waals surface area contributed by atoms with Gasteiger partial charge in [-0.05, 0) is 29.9 Å². The minimum atomic E-state index is -1.67. The molecule has 0 bridgehead atoms. The predicted octanol–water partition coefficient (Wildman–Crippen LogP) is 4.38. The van der Waals surface area contributed by atoms with E-state index in [4.69, 9.17) is 0 Å². The molecule has 0 unspecified atom stereocenters. The van der Waals surface area contributed by atoms with Crippen LogP contribution in [0.2, 0.25) is 18.1 Å². The molecule has 0 aliphatic rings. The molecule has 118 valence electrons. The first kappa shape index (κ1) is 17.0. The van der Waals surface area contributed by atoms with Gasteiger partial charge in [0.15, 0.2) is 0 Å². The fraction of sp³-hybridized carbons (Fsp3) is 0.400. The molecular formula is C20H28OSi. The van der Waals surface area contributed by atoms with Gasteiger partial charge in [0.25, 0.3) is 0 Å². The zero-order chi connectivity index (χ0) is 16.1. The number of benzene rings is 2. The molecule has 0 saturated heterocycles. The maximum absolute atomic E-state index is 9.63. The van der Waals surface area contributed by atoms with E-state index in [9.17, 15) is 5.11 Å². The molecule has 0 heterocycles. The van der Waals surface area contributed by atoms with Crippen LogP contribution in [0.5, 0.6) is 0 Å². The quantitative estimate of drug-likeness (QED) is 0.752. The number of aliphatic hydroxyl groups excluding tert-OH is 1. The third-order valence-electron chi connectivity index (χ3n) is 5.48. The Bertz CT molecular complexity index is 565. The molecule has 0 aliphatic carbocycles. The van der Waals surface area contributed by atoms with Crippen LogP contribution in [0.4, 0.5) is 0 Å². The van der Waals surface area contributed by atoms with Gasteiger partial charge in [-0.25, -0.2) is 0 Å². The molecule has 2 heteroatoms. The van der Waals surface area contributed by atoms with Crippen molar-refractivity contribution in [1.29, 1.82) is 0 Å². The van der Waals surface area contributed by atoms with E-state index in [1.54, 1.807) is 0 Å². The summed E-state index contributed by atoms with van der Waals surface area (Å²) in [5.74, 6) is 0. The van der Waals surface area contributed by atoms with Crippen molar-refractivity contribution < 1.29 is 5.11 Å². The summed E-state index contributed by atoms with van der Waals surface area (Å²) >= 11 is 0. The number of aryl methyl sites for hydroxylation is 1. The van der Waals surface area contributed by atoms with Gasteiger partial charge in [-0.3, -0.25) is 0 Å². The fourth-order valence-electron chi connectivity index (χ4n) is 3.26. The molecule has 22 heavy (non-hydrogen) atoms. The first-order valence-electron chi connectivity index (χ1n) is 8.20. The summed E-state index contributed by atoms with van der Waals surface area (Å²) in [7, 11) is -1.67. The molecule has 0 radical (unpaired) electrons. The smallest absolute Gasteiger partial charge is 0.0865 e. The number of rotatable bonds is 7. The van der Waals surface area contributed by atoms with E-state index in [0.29, 0.717) is 0 Å². The van der Waals surface area contributed by atoms with E-state index in [0.717, 1.165) is 19.3 Å². The van der Waals surface area contributed by atoms with Gasteiger partial charge in [-0.1, -0.05) is 85.9 Å². The first-order valence-corrected chi connectivity index (χ1v) is 11.2. The van der Waals surface area contributed by atoms with Crippen molar-refractivity contribution in [3.63, 3.8) is 0 Å². The lowest BCUT2D eigenvalue weighted by Gasteiger charge is -2.43. The van der Waals surface area contributed by atoms with Gasteiger partial charge in [-0.2, -0.15) is 0 Å². The van der Waals surface area contributed by atoms with E-state index in [2.05, 4.69) is 80.7 Å². The fourth-order valence-corrected chi connectivity index (χ4v) is 6.47. The molecular weight excluding hydrogens is 284 g/mol. The molecule has 2 aromatic carbocycles. The molecule has 2 rings (SSSR count). The zero-order valence-corrected chi connectivity index (χ0v) is 15.0. The van der Waals surface area contributed by atoms with E-state index < -0.39 is 8.07 Å². The third kappa shape index (κ3) is 3.68. The van der Waals surface area contributed by atoms with Crippen LogP contribution in [0.1, 0.15) is 25.3 Å². The largest absolute Gasteiger partial charge is 0.396 e. The lowest BCUT2D eigenvalue weighted by molar-refractivity contribution is 0.261. The molecule has 0 spiro atoms. The summed E-state index contributed by atoms with van der Waals surface area (Å²) in [5, 5.41) is 11.3. The topological polar surface area (TPSA) is 20.2 Å².